The number of benzene rings is 2. The Labute approximate surface area is 175 Å². The van der Waals surface area contributed by atoms with Crippen LogP contribution in [0, 0.1) is 0 Å². The Kier molecular flexibility index (Phi) is 5.85. The van der Waals surface area contributed by atoms with E-state index in [1.165, 1.54) is 0 Å². The molecule has 30 heavy (non-hydrogen) atoms. The molecule has 0 aliphatic heterocycles. The molecule has 0 aliphatic rings. The van der Waals surface area contributed by atoms with Gasteiger partial charge in [-0.05, 0) is 34.9 Å². The average molecular weight is 398 g/mol. The van der Waals surface area contributed by atoms with Crippen molar-refractivity contribution in [3.8, 4) is 28.1 Å². The van der Waals surface area contributed by atoms with E-state index in [9.17, 15) is 4.79 Å². The highest BCUT2D eigenvalue weighted by Gasteiger charge is 2.06. The lowest BCUT2D eigenvalue weighted by Gasteiger charge is -2.09. The van der Waals surface area contributed by atoms with Crippen molar-refractivity contribution in [3.05, 3.63) is 90.9 Å². The molecule has 0 unspecified atom stereocenters. The second-order valence-corrected chi connectivity index (χ2v) is 6.91. The van der Waals surface area contributed by atoms with Gasteiger partial charge >= 0.3 is 0 Å². The highest BCUT2D eigenvalue weighted by Crippen LogP contribution is 2.22. The van der Waals surface area contributed by atoms with Crippen LogP contribution in [-0.4, -0.2) is 27.3 Å². The number of carbonyl (C=O) groups excluding carboxylic acids is 1. The number of amides is 1. The third-order valence-corrected chi connectivity index (χ3v) is 4.65. The molecule has 0 aliphatic carbocycles. The molecule has 6 heteroatoms. The molecule has 1 amide bonds. The summed E-state index contributed by atoms with van der Waals surface area (Å²) < 4.78 is 7.33. The highest BCUT2D eigenvalue weighted by atomic mass is 16.5. The van der Waals surface area contributed by atoms with Crippen molar-refractivity contribution >= 4 is 5.91 Å². The molecule has 0 radical (unpaired) electrons. The smallest absolute Gasteiger partial charge is 0.258 e. The zero-order chi connectivity index (χ0) is 20.8. The summed E-state index contributed by atoms with van der Waals surface area (Å²) in [5, 5.41) is 7.00. The molecule has 0 atom stereocenters. The first-order valence-electron chi connectivity index (χ1n) is 9.66. The summed E-state index contributed by atoms with van der Waals surface area (Å²) in [4.78, 5) is 16.5. The van der Waals surface area contributed by atoms with Gasteiger partial charge < -0.3 is 10.1 Å². The minimum absolute atomic E-state index is 0.0358. The maximum Gasteiger partial charge on any atom is 0.258 e. The fraction of sp³-hybridized carbons (Fsp3) is 0.125. The van der Waals surface area contributed by atoms with E-state index < -0.39 is 0 Å². The topological polar surface area (TPSA) is 69.0 Å². The van der Waals surface area contributed by atoms with E-state index in [1.807, 2.05) is 67.8 Å². The zero-order valence-electron chi connectivity index (χ0n) is 16.7. The third-order valence-electron chi connectivity index (χ3n) is 4.65. The number of nitrogens with one attached hydrogen (secondary N) is 1. The van der Waals surface area contributed by atoms with Crippen LogP contribution in [0.1, 0.15) is 5.56 Å². The molecule has 0 saturated carbocycles. The Hall–Kier alpha value is -3.93. The lowest BCUT2D eigenvalue weighted by Crippen LogP contribution is -2.28. The number of aryl methyl sites for hydroxylation is 1. The SMILES string of the molecule is Cn1cc(-c2ccc(CNC(=O)COc3ccc(-c4ccccc4)cc3)cn2)cn1. The first-order valence-corrected chi connectivity index (χ1v) is 9.66. The van der Waals surface area contributed by atoms with E-state index in [1.54, 1.807) is 17.1 Å². The third kappa shape index (κ3) is 4.91. The van der Waals surface area contributed by atoms with Crippen LogP contribution >= 0.6 is 0 Å². The van der Waals surface area contributed by atoms with Gasteiger partial charge in [-0.15, -0.1) is 0 Å². The molecule has 0 fully saturated rings. The molecule has 4 aromatic rings. The summed E-state index contributed by atoms with van der Waals surface area (Å²) in [7, 11) is 1.87. The highest BCUT2D eigenvalue weighted by molar-refractivity contribution is 5.77. The van der Waals surface area contributed by atoms with Gasteiger partial charge in [0, 0.05) is 31.5 Å². The van der Waals surface area contributed by atoms with Gasteiger partial charge in [0.1, 0.15) is 5.75 Å². The first kappa shape index (κ1) is 19.4. The molecule has 150 valence electrons. The normalized spacial score (nSPS) is 10.6. The van der Waals surface area contributed by atoms with E-state index in [4.69, 9.17) is 4.74 Å². The number of hydrogen-bond donors (Lipinski definition) is 1. The lowest BCUT2D eigenvalue weighted by molar-refractivity contribution is -0.123. The number of ether oxygens (including phenoxy) is 1. The second kappa shape index (κ2) is 9.05. The summed E-state index contributed by atoms with van der Waals surface area (Å²) in [6.07, 6.45) is 5.44. The minimum Gasteiger partial charge on any atom is -0.484 e. The molecule has 4 rings (SSSR count). The predicted octanol–water partition coefficient (Wildman–Crippen LogP) is 3.84. The summed E-state index contributed by atoms with van der Waals surface area (Å²) in [6, 6.07) is 21.7. The van der Waals surface area contributed by atoms with Crippen molar-refractivity contribution in [3.63, 3.8) is 0 Å². The van der Waals surface area contributed by atoms with Crippen LogP contribution < -0.4 is 10.1 Å². The van der Waals surface area contributed by atoms with Crippen molar-refractivity contribution in [1.82, 2.24) is 20.1 Å². The maximum absolute atomic E-state index is 12.1. The van der Waals surface area contributed by atoms with Crippen LogP contribution in [0.25, 0.3) is 22.4 Å². The second-order valence-electron chi connectivity index (χ2n) is 6.91. The van der Waals surface area contributed by atoms with Crippen molar-refractivity contribution in [1.29, 1.82) is 0 Å². The van der Waals surface area contributed by atoms with Crippen LogP contribution in [0.4, 0.5) is 0 Å². The number of nitrogens with zero attached hydrogens (tertiary/aromatic N) is 3. The van der Waals surface area contributed by atoms with E-state index in [0.29, 0.717) is 12.3 Å². The molecule has 1 N–H and O–H groups in total. The Morgan fingerprint density at radius 1 is 0.933 bits per heavy atom. The van der Waals surface area contributed by atoms with E-state index in [0.717, 1.165) is 27.9 Å². The number of carbonyl (C=O) groups is 1. The van der Waals surface area contributed by atoms with Crippen molar-refractivity contribution in [2.45, 2.75) is 6.54 Å². The first-order chi connectivity index (χ1) is 14.7. The van der Waals surface area contributed by atoms with Crippen LogP contribution in [0.2, 0.25) is 0 Å². The van der Waals surface area contributed by atoms with Gasteiger partial charge in [-0.25, -0.2) is 0 Å². The molecule has 0 spiro atoms. The van der Waals surface area contributed by atoms with Crippen LogP contribution in [0.15, 0.2) is 85.3 Å². The van der Waals surface area contributed by atoms with Crippen LogP contribution in [0.5, 0.6) is 5.75 Å². The molecular formula is C24H22N4O2. The molecule has 2 aromatic heterocycles. The Balaban J connectivity index is 1.25. The fourth-order valence-corrected chi connectivity index (χ4v) is 3.03. The van der Waals surface area contributed by atoms with Gasteiger partial charge in [-0.3, -0.25) is 14.5 Å². The monoisotopic (exact) mass is 398 g/mol. The lowest BCUT2D eigenvalue weighted by atomic mass is 10.1. The Bertz CT molecular complexity index is 1100. The number of pyridine rings is 1. The summed E-state index contributed by atoms with van der Waals surface area (Å²) in [5.74, 6) is 0.478. The summed E-state index contributed by atoms with van der Waals surface area (Å²) in [5.41, 5.74) is 4.98. The van der Waals surface area contributed by atoms with Gasteiger partial charge in [0.2, 0.25) is 0 Å². The van der Waals surface area contributed by atoms with Gasteiger partial charge in [-0.1, -0.05) is 48.5 Å². The van der Waals surface area contributed by atoms with Crippen molar-refractivity contribution in [2.24, 2.45) is 7.05 Å². The fourth-order valence-electron chi connectivity index (χ4n) is 3.03. The van der Waals surface area contributed by atoms with Gasteiger partial charge in [0.05, 0.1) is 11.9 Å². The van der Waals surface area contributed by atoms with Crippen LogP contribution in [-0.2, 0) is 18.4 Å². The van der Waals surface area contributed by atoms with E-state index in [-0.39, 0.29) is 12.5 Å². The minimum atomic E-state index is -0.182. The summed E-state index contributed by atoms with van der Waals surface area (Å²) >= 11 is 0. The standard InChI is InChI=1S/C24H22N4O2/c1-28-16-21(15-27-28)23-12-7-18(13-25-23)14-26-24(29)17-30-22-10-8-20(9-11-22)19-5-3-2-4-6-19/h2-13,15-16H,14,17H2,1H3,(H,26,29). The zero-order valence-corrected chi connectivity index (χ0v) is 16.7. The maximum atomic E-state index is 12.1. The Morgan fingerprint density at radius 3 is 2.37 bits per heavy atom. The molecule has 6 nitrogen and oxygen atoms in total. The molecule has 0 bridgehead atoms. The predicted molar refractivity (Wildman–Crippen MR) is 116 cm³/mol. The molecule has 2 aromatic carbocycles. The van der Waals surface area contributed by atoms with Crippen molar-refractivity contribution < 1.29 is 9.53 Å². The largest absolute Gasteiger partial charge is 0.484 e. The van der Waals surface area contributed by atoms with Gasteiger partial charge in [0.25, 0.3) is 5.91 Å². The molecular weight excluding hydrogens is 376 g/mol. The molecule has 2 heterocycles. The van der Waals surface area contributed by atoms with Crippen molar-refractivity contribution in [2.75, 3.05) is 6.61 Å². The van der Waals surface area contributed by atoms with Gasteiger partial charge in [-0.2, -0.15) is 5.10 Å². The van der Waals surface area contributed by atoms with E-state index >= 15 is 0 Å². The number of aromatic nitrogens is 3. The quantitative estimate of drug-likeness (QED) is 0.513. The summed E-state index contributed by atoms with van der Waals surface area (Å²) in [6.45, 7) is 0.362. The average Bonchev–Trinajstić information content (AvgIpc) is 3.24. The Morgan fingerprint density at radius 2 is 1.70 bits per heavy atom. The number of hydrogen-bond acceptors (Lipinski definition) is 4. The van der Waals surface area contributed by atoms with E-state index in [2.05, 4.69) is 27.5 Å². The van der Waals surface area contributed by atoms with Gasteiger partial charge in [0.15, 0.2) is 6.61 Å². The number of rotatable bonds is 7. The molecule has 0 saturated heterocycles. The van der Waals surface area contributed by atoms with Crippen LogP contribution in [0.3, 0.4) is 0 Å².